The normalized spacial score (nSPS) is 47.0. The second-order valence-electron chi connectivity index (χ2n) is 6.41. The number of nitrogens with zero attached hydrogens (tertiary/aromatic N) is 1. The van der Waals surface area contributed by atoms with E-state index in [1.807, 2.05) is 12.2 Å². The zero-order valence-electron chi connectivity index (χ0n) is 11.4. The van der Waals surface area contributed by atoms with Gasteiger partial charge in [0.1, 0.15) is 0 Å². The van der Waals surface area contributed by atoms with E-state index in [4.69, 9.17) is 10.5 Å². The summed E-state index contributed by atoms with van der Waals surface area (Å²) in [6.45, 7) is 0.717. The molecule has 1 saturated carbocycles. The molecule has 0 spiro atoms. The van der Waals surface area contributed by atoms with Crippen molar-refractivity contribution < 1.29 is 14.3 Å². The topological polar surface area (TPSA) is 72.6 Å². The fraction of sp³-hybridized carbons (Fsp3) is 0.733. The zero-order valence-corrected chi connectivity index (χ0v) is 11.4. The molecule has 0 aromatic rings. The highest BCUT2D eigenvalue weighted by molar-refractivity contribution is 6.06. The molecule has 3 fully saturated rings. The number of carbonyl (C=O) groups excluding carboxylic acids is 2. The maximum atomic E-state index is 12.6. The third-order valence-electron chi connectivity index (χ3n) is 5.48. The lowest BCUT2D eigenvalue weighted by Crippen LogP contribution is -2.73. The van der Waals surface area contributed by atoms with E-state index in [9.17, 15) is 9.59 Å². The first-order valence-electron chi connectivity index (χ1n) is 7.59. The lowest BCUT2D eigenvalue weighted by atomic mass is 9.68. The Balaban J connectivity index is 1.60. The van der Waals surface area contributed by atoms with E-state index < -0.39 is 0 Å². The van der Waals surface area contributed by atoms with Crippen LogP contribution in [0, 0.1) is 17.8 Å². The molecule has 2 aliphatic carbocycles. The van der Waals surface area contributed by atoms with Crippen LogP contribution in [0.15, 0.2) is 12.2 Å². The smallest absolute Gasteiger partial charge is 0.233 e. The van der Waals surface area contributed by atoms with E-state index in [1.165, 1.54) is 4.90 Å². The summed E-state index contributed by atoms with van der Waals surface area (Å²) >= 11 is 0. The van der Waals surface area contributed by atoms with E-state index >= 15 is 0 Å². The molecule has 2 heterocycles. The van der Waals surface area contributed by atoms with Crippen LogP contribution in [0.4, 0.5) is 0 Å². The second kappa shape index (κ2) is 4.40. The van der Waals surface area contributed by atoms with E-state index in [0.29, 0.717) is 18.8 Å². The maximum Gasteiger partial charge on any atom is 0.233 e. The Labute approximate surface area is 118 Å². The Morgan fingerprint density at radius 2 is 1.80 bits per heavy atom. The second-order valence-corrected chi connectivity index (χ2v) is 6.41. The molecule has 0 radical (unpaired) electrons. The quantitative estimate of drug-likeness (QED) is 0.557. The number of ether oxygens (including phenoxy) is 1. The summed E-state index contributed by atoms with van der Waals surface area (Å²) in [7, 11) is 0. The predicted molar refractivity (Wildman–Crippen MR) is 71.4 cm³/mol. The van der Waals surface area contributed by atoms with Crippen LogP contribution in [0.1, 0.15) is 25.7 Å². The highest BCUT2D eigenvalue weighted by Crippen LogP contribution is 2.44. The molecule has 2 aliphatic heterocycles. The molecule has 5 nitrogen and oxygen atoms in total. The molecule has 6 unspecified atom stereocenters. The summed E-state index contributed by atoms with van der Waals surface area (Å²) in [5.41, 5.74) is 6.23. The van der Waals surface area contributed by atoms with Crippen LogP contribution in [0.5, 0.6) is 0 Å². The number of nitrogens with two attached hydrogens (primary N) is 1. The number of amides is 2. The van der Waals surface area contributed by atoms with Crippen molar-refractivity contribution in [3.63, 3.8) is 0 Å². The first-order chi connectivity index (χ1) is 9.70. The van der Waals surface area contributed by atoms with E-state index in [0.717, 1.165) is 19.4 Å². The zero-order chi connectivity index (χ0) is 13.9. The monoisotopic (exact) mass is 276 g/mol. The molecule has 6 atom stereocenters. The van der Waals surface area contributed by atoms with Crippen LogP contribution in [-0.2, 0) is 14.3 Å². The Kier molecular flexibility index (Phi) is 2.76. The number of hydrogen-bond donors (Lipinski definition) is 1. The van der Waals surface area contributed by atoms with Gasteiger partial charge in [0.15, 0.2) is 0 Å². The van der Waals surface area contributed by atoms with Crippen molar-refractivity contribution in [2.24, 2.45) is 23.5 Å². The molecule has 4 aliphatic rings. The van der Waals surface area contributed by atoms with Gasteiger partial charge in [0.2, 0.25) is 11.8 Å². The molecule has 5 heteroatoms. The van der Waals surface area contributed by atoms with Crippen LogP contribution in [0.25, 0.3) is 0 Å². The summed E-state index contributed by atoms with van der Waals surface area (Å²) < 4.78 is 5.78. The molecule has 0 bridgehead atoms. The Morgan fingerprint density at radius 3 is 2.45 bits per heavy atom. The summed E-state index contributed by atoms with van der Waals surface area (Å²) in [6.07, 6.45) is 7.43. The van der Waals surface area contributed by atoms with Crippen molar-refractivity contribution >= 4 is 11.8 Å². The van der Waals surface area contributed by atoms with Gasteiger partial charge in [-0.15, -0.1) is 0 Å². The molecular weight excluding hydrogens is 256 g/mol. The van der Waals surface area contributed by atoms with Gasteiger partial charge in [-0.2, -0.15) is 0 Å². The molecule has 20 heavy (non-hydrogen) atoms. The van der Waals surface area contributed by atoms with E-state index in [-0.39, 0.29) is 41.8 Å². The molecule has 0 aromatic heterocycles. The van der Waals surface area contributed by atoms with Gasteiger partial charge in [0.05, 0.1) is 24.0 Å². The van der Waals surface area contributed by atoms with Crippen molar-refractivity contribution in [1.82, 2.24) is 4.90 Å². The number of carbonyl (C=O) groups is 2. The van der Waals surface area contributed by atoms with Gasteiger partial charge in [-0.1, -0.05) is 12.2 Å². The number of allylic oxidation sites excluding steroid dienone is 2. The summed E-state index contributed by atoms with van der Waals surface area (Å²) in [5, 5.41) is 0. The SMILES string of the molecule is NC1C2CCCOC2C1N1C(=O)C2CC=CCC2C1=O. The van der Waals surface area contributed by atoms with Crippen molar-refractivity contribution in [3.8, 4) is 0 Å². The fourth-order valence-corrected chi connectivity index (χ4v) is 4.36. The van der Waals surface area contributed by atoms with Gasteiger partial charge < -0.3 is 10.5 Å². The van der Waals surface area contributed by atoms with Gasteiger partial charge in [0.25, 0.3) is 0 Å². The maximum absolute atomic E-state index is 12.6. The van der Waals surface area contributed by atoms with Gasteiger partial charge in [-0.05, 0) is 25.7 Å². The van der Waals surface area contributed by atoms with Crippen LogP contribution in [0.2, 0.25) is 0 Å². The first kappa shape index (κ1) is 12.5. The van der Waals surface area contributed by atoms with Crippen LogP contribution in [-0.4, -0.2) is 41.5 Å². The fourth-order valence-electron chi connectivity index (χ4n) is 4.36. The number of rotatable bonds is 1. The summed E-state index contributed by atoms with van der Waals surface area (Å²) in [5.74, 6) is -0.0744. The standard InChI is InChI=1S/C15H20N2O3/c16-11-10-6-3-7-20-13(10)12(11)17-14(18)8-4-1-2-5-9(8)15(17)19/h1-2,8-13H,3-7,16H2. The van der Waals surface area contributed by atoms with E-state index in [1.54, 1.807) is 0 Å². The minimum Gasteiger partial charge on any atom is -0.376 e. The Morgan fingerprint density at radius 1 is 1.15 bits per heavy atom. The number of likely N-dealkylation sites (tertiary alicyclic amines) is 1. The average Bonchev–Trinajstić information content (AvgIpc) is 2.73. The van der Waals surface area contributed by atoms with Gasteiger partial charge >= 0.3 is 0 Å². The number of hydrogen-bond acceptors (Lipinski definition) is 4. The number of imide groups is 1. The third kappa shape index (κ3) is 1.50. The van der Waals surface area contributed by atoms with Gasteiger partial charge in [-0.3, -0.25) is 14.5 Å². The molecule has 0 aromatic carbocycles. The minimum atomic E-state index is -0.231. The molecule has 2 N–H and O–H groups in total. The van der Waals surface area contributed by atoms with Crippen LogP contribution >= 0.6 is 0 Å². The first-order valence-corrected chi connectivity index (χ1v) is 7.59. The van der Waals surface area contributed by atoms with Crippen LogP contribution < -0.4 is 5.73 Å². The highest BCUT2D eigenvalue weighted by Gasteiger charge is 2.60. The number of fused-ring (bicyclic) bond motifs is 2. The molecule has 108 valence electrons. The lowest BCUT2D eigenvalue weighted by Gasteiger charge is -2.54. The van der Waals surface area contributed by atoms with Crippen LogP contribution in [0.3, 0.4) is 0 Å². The Bertz CT molecular complexity index is 464. The molecule has 2 saturated heterocycles. The van der Waals surface area contributed by atoms with Crippen molar-refractivity contribution in [1.29, 1.82) is 0 Å². The van der Waals surface area contributed by atoms with E-state index in [2.05, 4.69) is 0 Å². The minimum absolute atomic E-state index is 0.0280. The molecular formula is C15H20N2O3. The van der Waals surface area contributed by atoms with Gasteiger partial charge in [0, 0.05) is 18.6 Å². The highest BCUT2D eigenvalue weighted by atomic mass is 16.5. The Hall–Kier alpha value is -1.20. The summed E-state index contributed by atoms with van der Waals surface area (Å²) in [4.78, 5) is 26.6. The van der Waals surface area contributed by atoms with Crippen molar-refractivity contribution in [2.75, 3.05) is 6.61 Å². The molecule has 2 amide bonds. The average molecular weight is 276 g/mol. The van der Waals surface area contributed by atoms with Crippen molar-refractivity contribution in [3.05, 3.63) is 12.2 Å². The predicted octanol–water partition coefficient (Wildman–Crippen LogP) is 0.442. The van der Waals surface area contributed by atoms with Gasteiger partial charge in [-0.25, -0.2) is 0 Å². The summed E-state index contributed by atoms with van der Waals surface area (Å²) in [6, 6.07) is -0.341. The third-order valence-corrected chi connectivity index (χ3v) is 5.48. The van der Waals surface area contributed by atoms with Crippen molar-refractivity contribution in [2.45, 2.75) is 43.9 Å². The lowest BCUT2D eigenvalue weighted by molar-refractivity contribution is -0.174. The molecule has 4 rings (SSSR count). The largest absolute Gasteiger partial charge is 0.376 e.